The third-order valence-corrected chi connectivity index (χ3v) is 4.51. The summed E-state index contributed by atoms with van der Waals surface area (Å²) in [4.78, 5) is 11.9. The number of hydrogen-bond donors (Lipinski definition) is 2. The number of nitrogens with one attached hydrogen (secondary N) is 1. The summed E-state index contributed by atoms with van der Waals surface area (Å²) in [5.74, 6) is 1.03. The summed E-state index contributed by atoms with van der Waals surface area (Å²) in [5, 5.41) is 7.94. The van der Waals surface area contributed by atoms with Crippen LogP contribution in [0.2, 0.25) is 0 Å². The standard InChI is InChI=1S/C20H20N4O2/c21-20(25)18-13-24(15-10-11-22-12-15)23-19(18)14-6-8-17(9-7-14)26-16-4-2-1-3-5-16/h1-9,13,15,22H,10-12H2,(H2,21,25)/t15-/m1/s1. The minimum absolute atomic E-state index is 0.252. The summed E-state index contributed by atoms with van der Waals surface area (Å²) in [5.41, 5.74) is 7.45. The molecule has 132 valence electrons. The molecule has 1 saturated heterocycles. The first-order chi connectivity index (χ1) is 12.7. The van der Waals surface area contributed by atoms with E-state index in [1.807, 2.05) is 59.3 Å². The van der Waals surface area contributed by atoms with Gasteiger partial charge in [-0.05, 0) is 49.4 Å². The molecular weight excluding hydrogens is 328 g/mol. The Balaban J connectivity index is 1.61. The Hall–Kier alpha value is -3.12. The molecule has 6 heteroatoms. The van der Waals surface area contributed by atoms with Crippen molar-refractivity contribution >= 4 is 5.91 Å². The van der Waals surface area contributed by atoms with E-state index in [1.54, 1.807) is 6.20 Å². The van der Waals surface area contributed by atoms with Gasteiger partial charge in [0.25, 0.3) is 5.91 Å². The van der Waals surface area contributed by atoms with Gasteiger partial charge >= 0.3 is 0 Å². The zero-order valence-corrected chi connectivity index (χ0v) is 14.3. The number of rotatable bonds is 5. The largest absolute Gasteiger partial charge is 0.457 e. The number of nitrogens with two attached hydrogens (primary N) is 1. The summed E-state index contributed by atoms with van der Waals surface area (Å²) in [7, 11) is 0. The maximum atomic E-state index is 11.9. The monoisotopic (exact) mass is 348 g/mol. The van der Waals surface area contributed by atoms with Crippen LogP contribution in [0.4, 0.5) is 0 Å². The van der Waals surface area contributed by atoms with Gasteiger partial charge in [-0.1, -0.05) is 18.2 Å². The van der Waals surface area contributed by atoms with Crippen LogP contribution in [0, 0.1) is 0 Å². The third-order valence-electron chi connectivity index (χ3n) is 4.51. The summed E-state index contributed by atoms with van der Waals surface area (Å²) < 4.78 is 7.66. The van der Waals surface area contributed by atoms with Crippen molar-refractivity contribution in [2.75, 3.05) is 13.1 Å². The van der Waals surface area contributed by atoms with Gasteiger partial charge in [-0.15, -0.1) is 0 Å². The second kappa shape index (κ2) is 7.01. The molecule has 1 fully saturated rings. The van der Waals surface area contributed by atoms with Crippen LogP contribution in [0.1, 0.15) is 22.8 Å². The van der Waals surface area contributed by atoms with Gasteiger partial charge in [-0.3, -0.25) is 9.48 Å². The number of aromatic nitrogens is 2. The fourth-order valence-corrected chi connectivity index (χ4v) is 3.14. The highest BCUT2D eigenvalue weighted by molar-refractivity contribution is 5.98. The molecule has 0 bridgehead atoms. The highest BCUT2D eigenvalue weighted by atomic mass is 16.5. The first-order valence-electron chi connectivity index (χ1n) is 8.64. The maximum absolute atomic E-state index is 11.9. The van der Waals surface area contributed by atoms with Crippen LogP contribution in [0.5, 0.6) is 11.5 Å². The van der Waals surface area contributed by atoms with E-state index < -0.39 is 5.91 Å². The normalized spacial score (nSPS) is 16.5. The van der Waals surface area contributed by atoms with E-state index in [-0.39, 0.29) is 6.04 Å². The number of carbonyl (C=O) groups is 1. The van der Waals surface area contributed by atoms with Crippen LogP contribution in [-0.4, -0.2) is 28.8 Å². The number of hydrogen-bond acceptors (Lipinski definition) is 4. The van der Waals surface area contributed by atoms with Crippen molar-refractivity contribution in [2.45, 2.75) is 12.5 Å². The molecule has 4 rings (SSSR count). The van der Waals surface area contributed by atoms with Gasteiger partial charge in [0, 0.05) is 18.3 Å². The zero-order chi connectivity index (χ0) is 17.9. The van der Waals surface area contributed by atoms with Crippen molar-refractivity contribution in [3.05, 3.63) is 66.4 Å². The third kappa shape index (κ3) is 3.32. The van der Waals surface area contributed by atoms with E-state index in [1.165, 1.54) is 0 Å². The minimum Gasteiger partial charge on any atom is -0.457 e. The molecular formula is C20H20N4O2. The molecule has 2 heterocycles. The Kier molecular flexibility index (Phi) is 4.41. The summed E-state index contributed by atoms with van der Waals surface area (Å²) in [6.07, 6.45) is 2.74. The van der Waals surface area contributed by atoms with E-state index in [0.717, 1.165) is 36.6 Å². The van der Waals surface area contributed by atoms with Gasteiger partial charge in [0.2, 0.25) is 0 Å². The molecule has 3 N–H and O–H groups in total. The molecule has 1 aromatic heterocycles. The lowest BCUT2D eigenvalue weighted by molar-refractivity contribution is 0.100. The summed E-state index contributed by atoms with van der Waals surface area (Å²) in [6.45, 7) is 1.81. The first kappa shape index (κ1) is 16.4. The van der Waals surface area contributed by atoms with Crippen molar-refractivity contribution in [3.8, 4) is 22.8 Å². The quantitative estimate of drug-likeness (QED) is 0.743. The number of primary amides is 1. The van der Waals surface area contributed by atoms with Crippen LogP contribution < -0.4 is 15.8 Å². The van der Waals surface area contributed by atoms with Gasteiger partial charge in [0.05, 0.1) is 11.6 Å². The van der Waals surface area contributed by atoms with Crippen LogP contribution in [-0.2, 0) is 0 Å². The van der Waals surface area contributed by atoms with Gasteiger partial charge in [-0.25, -0.2) is 0 Å². The van der Waals surface area contributed by atoms with E-state index in [9.17, 15) is 4.79 Å². The number of amides is 1. The van der Waals surface area contributed by atoms with Crippen LogP contribution >= 0.6 is 0 Å². The fourth-order valence-electron chi connectivity index (χ4n) is 3.14. The SMILES string of the molecule is NC(=O)c1cn([C@@H]2CCNC2)nc1-c1ccc(Oc2ccccc2)cc1. The van der Waals surface area contributed by atoms with Crippen LogP contribution in [0.3, 0.4) is 0 Å². The Bertz CT molecular complexity index is 897. The van der Waals surface area contributed by atoms with E-state index in [4.69, 9.17) is 10.5 Å². The number of nitrogens with zero attached hydrogens (tertiary/aromatic N) is 2. The average Bonchev–Trinajstić information content (AvgIpc) is 3.33. The second-order valence-corrected chi connectivity index (χ2v) is 6.32. The Morgan fingerprint density at radius 2 is 1.85 bits per heavy atom. The molecule has 1 amide bonds. The average molecular weight is 348 g/mol. The Morgan fingerprint density at radius 1 is 1.12 bits per heavy atom. The smallest absolute Gasteiger partial charge is 0.252 e. The molecule has 1 aliphatic heterocycles. The van der Waals surface area contributed by atoms with E-state index in [0.29, 0.717) is 11.3 Å². The summed E-state index contributed by atoms with van der Waals surface area (Å²) >= 11 is 0. The molecule has 3 aromatic rings. The van der Waals surface area contributed by atoms with Crippen molar-refractivity contribution in [1.82, 2.24) is 15.1 Å². The number of carbonyl (C=O) groups excluding carboxylic acids is 1. The van der Waals surface area contributed by atoms with Crippen molar-refractivity contribution < 1.29 is 9.53 Å². The lowest BCUT2D eigenvalue weighted by atomic mass is 10.1. The summed E-state index contributed by atoms with van der Waals surface area (Å²) in [6, 6.07) is 17.4. The molecule has 0 spiro atoms. The van der Waals surface area contributed by atoms with Crippen molar-refractivity contribution in [2.24, 2.45) is 5.73 Å². The van der Waals surface area contributed by atoms with Gasteiger partial charge < -0.3 is 15.8 Å². The number of para-hydroxylation sites is 1. The van der Waals surface area contributed by atoms with Gasteiger partial charge in [0.15, 0.2) is 0 Å². The Morgan fingerprint density at radius 3 is 2.50 bits per heavy atom. The molecule has 1 aliphatic rings. The maximum Gasteiger partial charge on any atom is 0.252 e. The molecule has 0 aliphatic carbocycles. The van der Waals surface area contributed by atoms with Crippen molar-refractivity contribution in [1.29, 1.82) is 0 Å². The molecule has 6 nitrogen and oxygen atoms in total. The van der Waals surface area contributed by atoms with Gasteiger partial charge in [-0.2, -0.15) is 5.10 Å². The molecule has 1 atom stereocenters. The predicted molar refractivity (Wildman–Crippen MR) is 99.2 cm³/mol. The predicted octanol–water partition coefficient (Wildman–Crippen LogP) is 2.98. The topological polar surface area (TPSA) is 82.2 Å². The van der Waals surface area contributed by atoms with Crippen LogP contribution in [0.25, 0.3) is 11.3 Å². The molecule has 26 heavy (non-hydrogen) atoms. The zero-order valence-electron chi connectivity index (χ0n) is 14.3. The molecule has 0 saturated carbocycles. The van der Waals surface area contributed by atoms with Gasteiger partial charge in [0.1, 0.15) is 17.2 Å². The second-order valence-electron chi connectivity index (χ2n) is 6.32. The lowest BCUT2D eigenvalue weighted by Gasteiger charge is -2.08. The molecule has 0 radical (unpaired) electrons. The van der Waals surface area contributed by atoms with E-state index in [2.05, 4.69) is 10.4 Å². The van der Waals surface area contributed by atoms with E-state index >= 15 is 0 Å². The van der Waals surface area contributed by atoms with Crippen molar-refractivity contribution in [3.63, 3.8) is 0 Å². The highest BCUT2D eigenvalue weighted by Gasteiger charge is 2.22. The fraction of sp³-hybridized carbons (Fsp3) is 0.200. The van der Waals surface area contributed by atoms with Crippen LogP contribution in [0.15, 0.2) is 60.8 Å². The Labute approximate surface area is 151 Å². The number of benzene rings is 2. The lowest BCUT2D eigenvalue weighted by Crippen LogP contribution is -2.14. The number of ether oxygens (including phenoxy) is 1. The molecule has 0 unspecified atom stereocenters. The molecule has 2 aromatic carbocycles. The first-order valence-corrected chi connectivity index (χ1v) is 8.64. The minimum atomic E-state index is -0.471. The highest BCUT2D eigenvalue weighted by Crippen LogP contribution is 2.28.